The standard InChI is InChI=1S/C23H27Cl2FN2O2/c1-5-20(22(30)27-23(2,3)4)28(14-15-9-11-16(24)12-10-15)21(29)13-17-18(25)7-6-8-19(17)26/h6-12,20H,5,13-14H2,1-4H3,(H,27,30)/t20-/m0/s1. The van der Waals surface area contributed by atoms with Crippen LogP contribution in [0.3, 0.4) is 0 Å². The molecule has 1 N–H and O–H groups in total. The van der Waals surface area contributed by atoms with E-state index in [4.69, 9.17) is 23.2 Å². The first-order valence-electron chi connectivity index (χ1n) is 9.80. The summed E-state index contributed by atoms with van der Waals surface area (Å²) in [6.45, 7) is 7.66. The van der Waals surface area contributed by atoms with Crippen molar-refractivity contribution >= 4 is 35.0 Å². The number of rotatable bonds is 7. The molecule has 0 aliphatic carbocycles. The number of amides is 2. The van der Waals surface area contributed by atoms with Crippen LogP contribution < -0.4 is 5.32 Å². The van der Waals surface area contributed by atoms with E-state index in [0.717, 1.165) is 5.56 Å². The number of hydrogen-bond acceptors (Lipinski definition) is 2. The number of nitrogens with one attached hydrogen (secondary N) is 1. The first-order chi connectivity index (χ1) is 14.0. The average Bonchev–Trinajstić information content (AvgIpc) is 2.64. The Balaban J connectivity index is 2.36. The Kier molecular flexibility index (Phi) is 8.27. The second kappa shape index (κ2) is 10.3. The normalized spacial score (nSPS) is 12.4. The van der Waals surface area contributed by atoms with Crippen LogP contribution in [-0.4, -0.2) is 28.3 Å². The number of benzene rings is 2. The maximum absolute atomic E-state index is 14.3. The number of halogens is 3. The van der Waals surface area contributed by atoms with E-state index in [-0.39, 0.29) is 35.4 Å². The molecule has 2 aromatic rings. The van der Waals surface area contributed by atoms with Crippen molar-refractivity contribution in [3.8, 4) is 0 Å². The van der Waals surface area contributed by atoms with Crippen LogP contribution in [0.4, 0.5) is 4.39 Å². The molecule has 0 radical (unpaired) electrons. The van der Waals surface area contributed by atoms with Gasteiger partial charge in [-0.1, -0.05) is 48.3 Å². The van der Waals surface area contributed by atoms with Gasteiger partial charge < -0.3 is 10.2 Å². The van der Waals surface area contributed by atoms with E-state index in [1.807, 2.05) is 27.7 Å². The predicted molar refractivity (Wildman–Crippen MR) is 119 cm³/mol. The summed E-state index contributed by atoms with van der Waals surface area (Å²) in [5.74, 6) is -1.19. The molecule has 0 saturated heterocycles. The lowest BCUT2D eigenvalue weighted by molar-refractivity contribution is -0.141. The van der Waals surface area contributed by atoms with Gasteiger partial charge in [-0.05, 0) is 57.0 Å². The number of carbonyl (C=O) groups excluding carboxylic acids is 2. The second-order valence-corrected chi connectivity index (χ2v) is 9.03. The molecule has 2 amide bonds. The lowest BCUT2D eigenvalue weighted by atomic mass is 10.0. The molecule has 0 unspecified atom stereocenters. The molecule has 2 aromatic carbocycles. The fourth-order valence-electron chi connectivity index (χ4n) is 3.11. The maximum Gasteiger partial charge on any atom is 0.243 e. The summed E-state index contributed by atoms with van der Waals surface area (Å²) in [7, 11) is 0. The Hall–Kier alpha value is -2.11. The minimum atomic E-state index is -0.710. The molecule has 4 nitrogen and oxygen atoms in total. The summed E-state index contributed by atoms with van der Waals surface area (Å²) in [5, 5.41) is 3.69. The van der Waals surface area contributed by atoms with Gasteiger partial charge in [-0.2, -0.15) is 0 Å². The lowest BCUT2D eigenvalue weighted by Crippen LogP contribution is -2.53. The zero-order valence-electron chi connectivity index (χ0n) is 17.6. The molecule has 0 saturated carbocycles. The zero-order valence-corrected chi connectivity index (χ0v) is 19.1. The number of carbonyl (C=O) groups is 2. The topological polar surface area (TPSA) is 49.4 Å². The summed E-state index contributed by atoms with van der Waals surface area (Å²) in [5.41, 5.74) is 0.486. The minimum Gasteiger partial charge on any atom is -0.350 e. The third-order valence-corrected chi connectivity index (χ3v) is 5.15. The average molecular weight is 453 g/mol. The largest absolute Gasteiger partial charge is 0.350 e. The van der Waals surface area contributed by atoms with Crippen molar-refractivity contribution in [2.75, 3.05) is 0 Å². The molecule has 0 heterocycles. The van der Waals surface area contributed by atoms with Gasteiger partial charge in [0.05, 0.1) is 6.42 Å². The van der Waals surface area contributed by atoms with Crippen LogP contribution in [0, 0.1) is 5.82 Å². The summed E-state index contributed by atoms with van der Waals surface area (Å²) >= 11 is 12.1. The van der Waals surface area contributed by atoms with E-state index in [2.05, 4.69) is 5.32 Å². The lowest BCUT2D eigenvalue weighted by Gasteiger charge is -2.33. The first-order valence-corrected chi connectivity index (χ1v) is 10.6. The molecule has 162 valence electrons. The third kappa shape index (κ3) is 6.71. The third-order valence-electron chi connectivity index (χ3n) is 4.54. The van der Waals surface area contributed by atoms with Crippen molar-refractivity contribution in [2.45, 2.75) is 58.7 Å². The second-order valence-electron chi connectivity index (χ2n) is 8.19. The van der Waals surface area contributed by atoms with Crippen molar-refractivity contribution in [1.29, 1.82) is 0 Å². The highest BCUT2D eigenvalue weighted by molar-refractivity contribution is 6.31. The molecule has 0 aromatic heterocycles. The first kappa shape index (κ1) is 24.2. The van der Waals surface area contributed by atoms with E-state index in [1.165, 1.54) is 17.0 Å². The van der Waals surface area contributed by atoms with Gasteiger partial charge in [0.25, 0.3) is 0 Å². The highest BCUT2D eigenvalue weighted by Gasteiger charge is 2.31. The Bertz CT molecular complexity index is 875. The van der Waals surface area contributed by atoms with Gasteiger partial charge in [0.1, 0.15) is 11.9 Å². The summed E-state index contributed by atoms with van der Waals surface area (Å²) in [6, 6.07) is 10.6. The van der Waals surface area contributed by atoms with Gasteiger partial charge in [0.15, 0.2) is 0 Å². The Labute approximate surface area is 187 Å². The van der Waals surface area contributed by atoms with Gasteiger partial charge in [0.2, 0.25) is 11.8 Å². The smallest absolute Gasteiger partial charge is 0.243 e. The molecule has 7 heteroatoms. The van der Waals surface area contributed by atoms with Gasteiger partial charge in [-0.3, -0.25) is 9.59 Å². The van der Waals surface area contributed by atoms with Crippen molar-refractivity contribution in [2.24, 2.45) is 0 Å². The maximum atomic E-state index is 14.3. The van der Waals surface area contributed by atoms with E-state index >= 15 is 0 Å². The molecule has 0 fully saturated rings. The van der Waals surface area contributed by atoms with Crippen LogP contribution >= 0.6 is 23.2 Å². The molecule has 30 heavy (non-hydrogen) atoms. The highest BCUT2D eigenvalue weighted by atomic mass is 35.5. The van der Waals surface area contributed by atoms with E-state index in [1.54, 1.807) is 30.3 Å². The van der Waals surface area contributed by atoms with Crippen molar-refractivity contribution < 1.29 is 14.0 Å². The summed E-state index contributed by atoms with van der Waals surface area (Å²) in [6.07, 6.45) is 0.171. The van der Waals surface area contributed by atoms with Crippen LogP contribution in [0.1, 0.15) is 45.2 Å². The predicted octanol–water partition coefficient (Wildman–Crippen LogP) is 5.40. The molecular formula is C23H27Cl2FN2O2. The molecule has 0 aliphatic heterocycles. The Morgan fingerprint density at radius 2 is 1.73 bits per heavy atom. The van der Waals surface area contributed by atoms with Crippen molar-refractivity contribution in [1.82, 2.24) is 10.2 Å². The summed E-state index contributed by atoms with van der Waals surface area (Å²) in [4.78, 5) is 27.7. The van der Waals surface area contributed by atoms with E-state index in [0.29, 0.717) is 11.4 Å². The Morgan fingerprint density at radius 1 is 1.10 bits per heavy atom. The molecular weight excluding hydrogens is 426 g/mol. The van der Waals surface area contributed by atoms with Crippen LogP contribution in [0.25, 0.3) is 0 Å². The number of hydrogen-bond donors (Lipinski definition) is 1. The Morgan fingerprint density at radius 3 is 2.27 bits per heavy atom. The van der Waals surface area contributed by atoms with Gasteiger partial charge in [-0.15, -0.1) is 0 Å². The molecule has 0 bridgehead atoms. The van der Waals surface area contributed by atoms with E-state index < -0.39 is 17.4 Å². The SMILES string of the molecule is CC[C@@H](C(=O)NC(C)(C)C)N(Cc1ccc(Cl)cc1)C(=O)Cc1c(F)cccc1Cl. The zero-order chi connectivity index (χ0) is 22.5. The number of nitrogens with zero attached hydrogens (tertiary/aromatic N) is 1. The van der Waals surface area contributed by atoms with Crippen molar-refractivity contribution in [3.63, 3.8) is 0 Å². The van der Waals surface area contributed by atoms with Crippen LogP contribution in [0.2, 0.25) is 10.0 Å². The van der Waals surface area contributed by atoms with Gasteiger partial charge >= 0.3 is 0 Å². The fourth-order valence-corrected chi connectivity index (χ4v) is 3.47. The van der Waals surface area contributed by atoms with Gasteiger partial charge in [-0.25, -0.2) is 4.39 Å². The monoisotopic (exact) mass is 452 g/mol. The van der Waals surface area contributed by atoms with Crippen LogP contribution in [0.15, 0.2) is 42.5 Å². The molecule has 0 spiro atoms. The molecule has 0 aliphatic rings. The van der Waals surface area contributed by atoms with Crippen LogP contribution in [0.5, 0.6) is 0 Å². The van der Waals surface area contributed by atoms with Crippen LogP contribution in [-0.2, 0) is 22.6 Å². The van der Waals surface area contributed by atoms with Gasteiger partial charge in [0, 0.05) is 27.7 Å². The molecule has 1 atom stereocenters. The van der Waals surface area contributed by atoms with E-state index in [9.17, 15) is 14.0 Å². The minimum absolute atomic E-state index is 0.122. The quantitative estimate of drug-likeness (QED) is 0.611. The summed E-state index contributed by atoms with van der Waals surface area (Å²) < 4.78 is 14.3. The highest BCUT2D eigenvalue weighted by Crippen LogP contribution is 2.22. The molecule has 2 rings (SSSR count). The fraction of sp³-hybridized carbons (Fsp3) is 0.391. The van der Waals surface area contributed by atoms with Crippen molar-refractivity contribution in [3.05, 3.63) is 69.5 Å².